The van der Waals surface area contributed by atoms with Crippen molar-refractivity contribution >= 4 is 21.6 Å². The highest BCUT2D eigenvalue weighted by Crippen LogP contribution is 2.33. The average Bonchev–Trinajstić information content (AvgIpc) is 2.76. The fraction of sp³-hybridized carbons (Fsp3) is 0.643. The molecule has 0 atom stereocenters. The Labute approximate surface area is 127 Å². The van der Waals surface area contributed by atoms with E-state index in [4.69, 9.17) is 0 Å². The third-order valence-electron chi connectivity index (χ3n) is 3.72. The molecule has 0 bridgehead atoms. The quantitative estimate of drug-likeness (QED) is 0.728. The van der Waals surface area contributed by atoms with Crippen molar-refractivity contribution < 1.29 is 0 Å². The number of fused-ring (bicyclic) bond motifs is 1. The Bertz CT molecular complexity index is 613. The Hall–Kier alpha value is -1.17. The van der Waals surface area contributed by atoms with Crippen LogP contribution in [0.3, 0.4) is 0 Å². The van der Waals surface area contributed by atoms with Gasteiger partial charge in [-0.05, 0) is 18.3 Å². The summed E-state index contributed by atoms with van der Waals surface area (Å²) in [6.07, 6.45) is 9.28. The van der Waals surface area contributed by atoms with E-state index in [-0.39, 0.29) is 11.1 Å². The molecule has 2 aromatic rings. The third-order valence-corrected chi connectivity index (χ3v) is 4.91. The molecule has 0 aliphatic carbocycles. The summed E-state index contributed by atoms with van der Waals surface area (Å²) in [5.74, 6) is 0. The fourth-order valence-electron chi connectivity index (χ4n) is 2.82. The molecule has 0 N–H and O–H groups in total. The molecule has 0 saturated carbocycles. The summed E-state index contributed by atoms with van der Waals surface area (Å²) in [6.45, 7) is 5.02. The van der Waals surface area contributed by atoms with Gasteiger partial charge in [0.2, 0.25) is 0 Å². The van der Waals surface area contributed by atoms with Crippen molar-refractivity contribution in [1.29, 1.82) is 0 Å². The first-order chi connectivity index (χ1) is 9.65. The Balaban J connectivity index is 2.37. The molecule has 5 nitrogen and oxygen atoms in total. The summed E-state index contributed by atoms with van der Waals surface area (Å²) in [5.41, 5.74) is 0.618. The molecule has 110 valence electrons. The highest BCUT2D eigenvalue weighted by Gasteiger charge is 2.29. The van der Waals surface area contributed by atoms with Crippen LogP contribution >= 0.6 is 15.9 Å². The highest BCUT2D eigenvalue weighted by molar-refractivity contribution is 9.09. The van der Waals surface area contributed by atoms with E-state index in [9.17, 15) is 4.79 Å². The van der Waals surface area contributed by atoms with E-state index in [1.807, 2.05) is 0 Å². The number of hydrogen-bond donors (Lipinski definition) is 0. The molecular weight excluding hydrogens is 320 g/mol. The zero-order valence-electron chi connectivity index (χ0n) is 12.0. The molecule has 0 aliphatic heterocycles. The van der Waals surface area contributed by atoms with Gasteiger partial charge in [-0.25, -0.2) is 13.9 Å². The van der Waals surface area contributed by atoms with E-state index in [0.717, 1.165) is 31.0 Å². The van der Waals surface area contributed by atoms with Gasteiger partial charge < -0.3 is 0 Å². The van der Waals surface area contributed by atoms with Gasteiger partial charge in [0.05, 0.1) is 12.7 Å². The van der Waals surface area contributed by atoms with Crippen LogP contribution in [0.15, 0.2) is 23.4 Å². The number of hydrogen-bond acceptors (Lipinski definition) is 3. The molecule has 2 heterocycles. The fourth-order valence-corrected chi connectivity index (χ4v) is 3.56. The van der Waals surface area contributed by atoms with E-state index >= 15 is 0 Å². The van der Waals surface area contributed by atoms with Crippen LogP contribution in [-0.4, -0.2) is 24.5 Å². The molecule has 0 spiro atoms. The lowest BCUT2D eigenvalue weighted by atomic mass is 9.81. The van der Waals surface area contributed by atoms with Crippen LogP contribution in [0.25, 0.3) is 5.65 Å². The molecular formula is C14H21BrN4O. The lowest BCUT2D eigenvalue weighted by Crippen LogP contribution is -2.34. The normalized spacial score (nSPS) is 12.2. The minimum atomic E-state index is -0.0834. The van der Waals surface area contributed by atoms with Gasteiger partial charge in [-0.3, -0.25) is 4.98 Å². The second-order valence-corrected chi connectivity index (χ2v) is 5.94. The topological polar surface area (TPSA) is 52.2 Å². The van der Waals surface area contributed by atoms with Crippen LogP contribution in [0.5, 0.6) is 0 Å². The van der Waals surface area contributed by atoms with Crippen LogP contribution in [0, 0.1) is 5.41 Å². The largest absolute Gasteiger partial charge is 0.350 e. The molecule has 0 radical (unpaired) electrons. The summed E-state index contributed by atoms with van der Waals surface area (Å²) in [6, 6.07) is 0. The first-order valence-corrected chi connectivity index (χ1v) is 8.23. The summed E-state index contributed by atoms with van der Waals surface area (Å²) >= 11 is 3.64. The Kier molecular flexibility index (Phi) is 4.96. The maximum absolute atomic E-state index is 12.4. The van der Waals surface area contributed by atoms with Crippen molar-refractivity contribution in [3.63, 3.8) is 0 Å². The van der Waals surface area contributed by atoms with Gasteiger partial charge in [-0.2, -0.15) is 0 Å². The van der Waals surface area contributed by atoms with Gasteiger partial charge in [0.15, 0.2) is 5.65 Å². The number of halogens is 1. The second-order valence-electron chi connectivity index (χ2n) is 5.38. The SMILES string of the molecule is CCCC(CBr)(CCC)Cn1nc2cnccn2c1=O. The summed E-state index contributed by atoms with van der Waals surface area (Å²) in [4.78, 5) is 16.4. The molecule has 0 fully saturated rings. The van der Waals surface area contributed by atoms with E-state index in [1.54, 1.807) is 27.7 Å². The molecule has 0 aromatic carbocycles. The van der Waals surface area contributed by atoms with E-state index in [1.165, 1.54) is 0 Å². The zero-order valence-corrected chi connectivity index (χ0v) is 13.6. The lowest BCUT2D eigenvalue weighted by molar-refractivity contribution is 0.220. The Morgan fingerprint density at radius 2 is 2.00 bits per heavy atom. The summed E-state index contributed by atoms with van der Waals surface area (Å²) < 4.78 is 3.13. The van der Waals surface area contributed by atoms with Crippen LogP contribution in [0.1, 0.15) is 39.5 Å². The first kappa shape index (κ1) is 15.2. The highest BCUT2D eigenvalue weighted by atomic mass is 79.9. The molecule has 20 heavy (non-hydrogen) atoms. The Morgan fingerprint density at radius 3 is 2.55 bits per heavy atom. The minimum absolute atomic E-state index is 0.0834. The minimum Gasteiger partial charge on any atom is -0.259 e. The van der Waals surface area contributed by atoms with Crippen LogP contribution in [0.4, 0.5) is 0 Å². The van der Waals surface area contributed by atoms with Gasteiger partial charge in [-0.1, -0.05) is 42.6 Å². The molecule has 0 unspecified atom stereocenters. The van der Waals surface area contributed by atoms with Gasteiger partial charge in [0.25, 0.3) is 0 Å². The second kappa shape index (κ2) is 6.52. The maximum atomic E-state index is 12.4. The number of aromatic nitrogens is 4. The lowest BCUT2D eigenvalue weighted by Gasteiger charge is -2.31. The first-order valence-electron chi connectivity index (χ1n) is 7.11. The van der Waals surface area contributed by atoms with Gasteiger partial charge in [0.1, 0.15) is 0 Å². The Morgan fingerprint density at radius 1 is 1.30 bits per heavy atom. The van der Waals surface area contributed by atoms with Crippen LogP contribution in [0.2, 0.25) is 0 Å². The standard InChI is InChI=1S/C14H21BrN4O/c1-3-5-14(10-15,6-4-2)11-19-13(20)18-8-7-16-9-12(18)17-19/h7-9H,3-6,10-11H2,1-2H3. The third kappa shape index (κ3) is 2.95. The van der Waals surface area contributed by atoms with E-state index < -0.39 is 0 Å². The summed E-state index contributed by atoms with van der Waals surface area (Å²) in [7, 11) is 0. The van der Waals surface area contributed by atoms with Crippen molar-refractivity contribution in [3.05, 3.63) is 29.1 Å². The zero-order chi connectivity index (χ0) is 14.6. The average molecular weight is 341 g/mol. The van der Waals surface area contributed by atoms with E-state index in [2.05, 4.69) is 39.9 Å². The van der Waals surface area contributed by atoms with Crippen molar-refractivity contribution in [2.75, 3.05) is 5.33 Å². The predicted octanol–water partition coefficient (Wildman–Crippen LogP) is 2.87. The van der Waals surface area contributed by atoms with Crippen molar-refractivity contribution in [1.82, 2.24) is 19.2 Å². The van der Waals surface area contributed by atoms with Crippen molar-refractivity contribution in [2.24, 2.45) is 5.41 Å². The van der Waals surface area contributed by atoms with Crippen LogP contribution < -0.4 is 5.69 Å². The number of rotatable bonds is 7. The van der Waals surface area contributed by atoms with Gasteiger partial charge in [0, 0.05) is 17.7 Å². The maximum Gasteiger partial charge on any atom is 0.350 e. The molecule has 2 aromatic heterocycles. The molecule has 2 rings (SSSR count). The number of alkyl halides is 1. The van der Waals surface area contributed by atoms with Crippen LogP contribution in [-0.2, 0) is 6.54 Å². The summed E-state index contributed by atoms with van der Waals surface area (Å²) in [5, 5.41) is 5.28. The predicted molar refractivity (Wildman–Crippen MR) is 83.3 cm³/mol. The molecule has 0 aliphatic rings. The van der Waals surface area contributed by atoms with Gasteiger partial charge in [-0.15, -0.1) is 5.10 Å². The van der Waals surface area contributed by atoms with Crippen molar-refractivity contribution in [3.8, 4) is 0 Å². The van der Waals surface area contributed by atoms with E-state index in [0.29, 0.717) is 12.2 Å². The van der Waals surface area contributed by atoms with Gasteiger partial charge >= 0.3 is 5.69 Å². The van der Waals surface area contributed by atoms with Crippen molar-refractivity contribution in [2.45, 2.75) is 46.1 Å². The smallest absolute Gasteiger partial charge is 0.259 e. The molecule has 6 heteroatoms. The molecule has 0 amide bonds. The number of nitrogens with zero attached hydrogens (tertiary/aromatic N) is 4. The molecule has 0 saturated heterocycles. The monoisotopic (exact) mass is 340 g/mol.